The van der Waals surface area contributed by atoms with Gasteiger partial charge in [-0.1, -0.05) is 6.92 Å². The molecule has 1 aromatic rings. The minimum absolute atomic E-state index is 0.0538. The van der Waals surface area contributed by atoms with Gasteiger partial charge in [0, 0.05) is 32.4 Å². The average Bonchev–Trinajstić information content (AvgIpc) is 2.70. The van der Waals surface area contributed by atoms with Gasteiger partial charge in [0.25, 0.3) is 0 Å². The van der Waals surface area contributed by atoms with E-state index >= 15 is 0 Å². The Morgan fingerprint density at radius 1 is 1.60 bits per heavy atom. The van der Waals surface area contributed by atoms with E-state index in [0.717, 1.165) is 18.9 Å². The molecule has 0 aromatic carbocycles. The summed E-state index contributed by atoms with van der Waals surface area (Å²) < 4.78 is 2.00. The van der Waals surface area contributed by atoms with Crippen molar-refractivity contribution in [3.05, 3.63) is 18.2 Å². The summed E-state index contributed by atoms with van der Waals surface area (Å²) in [5.74, 6) is 1.03. The van der Waals surface area contributed by atoms with Crippen molar-refractivity contribution >= 4 is 5.91 Å². The van der Waals surface area contributed by atoms with Crippen LogP contribution in [0.3, 0.4) is 0 Å². The van der Waals surface area contributed by atoms with Crippen LogP contribution in [-0.2, 0) is 17.9 Å². The molecule has 0 bridgehead atoms. The molecule has 1 rings (SSSR count). The first-order chi connectivity index (χ1) is 7.27. The van der Waals surface area contributed by atoms with E-state index in [0.29, 0.717) is 13.0 Å². The fourth-order valence-corrected chi connectivity index (χ4v) is 1.29. The van der Waals surface area contributed by atoms with Crippen LogP contribution < -0.4 is 10.6 Å². The number of imidazole rings is 1. The number of rotatable bonds is 6. The fraction of sp³-hybridized carbons (Fsp3) is 0.600. The zero-order valence-corrected chi connectivity index (χ0v) is 9.29. The van der Waals surface area contributed by atoms with Crippen molar-refractivity contribution in [3.63, 3.8) is 0 Å². The quantitative estimate of drug-likeness (QED) is 0.701. The van der Waals surface area contributed by atoms with Crippen LogP contribution in [0.15, 0.2) is 12.4 Å². The number of aromatic nitrogens is 2. The molecule has 0 aliphatic rings. The predicted octanol–water partition coefficient (Wildman–Crippen LogP) is 0.129. The molecule has 5 heteroatoms. The molecule has 15 heavy (non-hydrogen) atoms. The Kier molecular flexibility index (Phi) is 4.83. The summed E-state index contributed by atoms with van der Waals surface area (Å²) in [6, 6.07) is 0. The molecular formula is C10H18N4O. The largest absolute Gasteiger partial charge is 0.359 e. The fourth-order valence-electron chi connectivity index (χ4n) is 1.29. The van der Waals surface area contributed by atoms with Crippen molar-refractivity contribution in [1.29, 1.82) is 0 Å². The van der Waals surface area contributed by atoms with Crippen molar-refractivity contribution in [2.45, 2.75) is 26.4 Å². The Morgan fingerprint density at radius 2 is 2.40 bits per heavy atom. The molecule has 84 valence electrons. The number of nitrogens with zero attached hydrogens (tertiary/aromatic N) is 2. The number of hydrogen-bond donors (Lipinski definition) is 2. The molecule has 0 aliphatic heterocycles. The first-order valence-corrected chi connectivity index (χ1v) is 5.19. The van der Waals surface area contributed by atoms with Crippen molar-refractivity contribution < 1.29 is 4.79 Å². The van der Waals surface area contributed by atoms with Crippen molar-refractivity contribution in [1.82, 2.24) is 20.2 Å². The summed E-state index contributed by atoms with van der Waals surface area (Å²) in [6.45, 7) is 4.40. The van der Waals surface area contributed by atoms with Crippen LogP contribution in [0.5, 0.6) is 0 Å². The van der Waals surface area contributed by atoms with Gasteiger partial charge in [-0.25, -0.2) is 4.98 Å². The van der Waals surface area contributed by atoms with Crippen LogP contribution in [0.2, 0.25) is 0 Å². The van der Waals surface area contributed by atoms with Crippen LogP contribution in [0.4, 0.5) is 0 Å². The second kappa shape index (κ2) is 6.19. The minimum Gasteiger partial charge on any atom is -0.359 e. The molecule has 1 aromatic heterocycles. The molecule has 0 spiro atoms. The third-order valence-corrected chi connectivity index (χ3v) is 2.19. The Morgan fingerprint density at radius 3 is 3.07 bits per heavy atom. The maximum Gasteiger partial charge on any atom is 0.221 e. The normalized spacial score (nSPS) is 10.3. The number of hydrogen-bond acceptors (Lipinski definition) is 3. The molecule has 0 atom stereocenters. The molecule has 0 aliphatic carbocycles. The molecule has 0 radical (unpaired) electrons. The molecule has 0 fully saturated rings. The van der Waals surface area contributed by atoms with E-state index in [-0.39, 0.29) is 5.91 Å². The SMILES string of the molecule is CCNCc1nccn1CCC(=O)NC. The lowest BCUT2D eigenvalue weighted by Crippen LogP contribution is -2.21. The molecule has 1 amide bonds. The highest BCUT2D eigenvalue weighted by Crippen LogP contribution is 1.99. The summed E-state index contributed by atoms with van der Waals surface area (Å²) in [5, 5.41) is 5.81. The Bertz CT molecular complexity index is 308. The minimum atomic E-state index is 0.0538. The Labute approximate surface area is 89.9 Å². The maximum atomic E-state index is 11.1. The third kappa shape index (κ3) is 3.71. The zero-order chi connectivity index (χ0) is 11.1. The molecule has 0 saturated heterocycles. The smallest absolute Gasteiger partial charge is 0.221 e. The van der Waals surface area contributed by atoms with Gasteiger partial charge >= 0.3 is 0 Å². The van der Waals surface area contributed by atoms with Crippen LogP contribution in [-0.4, -0.2) is 29.1 Å². The monoisotopic (exact) mass is 210 g/mol. The number of nitrogens with one attached hydrogen (secondary N) is 2. The number of carbonyl (C=O) groups excluding carboxylic acids is 1. The van der Waals surface area contributed by atoms with Gasteiger partial charge in [0.2, 0.25) is 5.91 Å². The Hall–Kier alpha value is -1.36. The molecule has 0 saturated carbocycles. The van der Waals surface area contributed by atoms with E-state index in [1.54, 1.807) is 13.2 Å². The van der Waals surface area contributed by atoms with Crippen molar-refractivity contribution in [2.75, 3.05) is 13.6 Å². The number of aryl methyl sites for hydroxylation is 1. The van der Waals surface area contributed by atoms with E-state index in [9.17, 15) is 4.79 Å². The van der Waals surface area contributed by atoms with Crippen LogP contribution in [0.1, 0.15) is 19.2 Å². The maximum absolute atomic E-state index is 11.1. The van der Waals surface area contributed by atoms with Gasteiger partial charge < -0.3 is 15.2 Å². The van der Waals surface area contributed by atoms with E-state index in [1.807, 2.05) is 10.8 Å². The second-order valence-corrected chi connectivity index (χ2v) is 3.24. The summed E-state index contributed by atoms with van der Waals surface area (Å²) >= 11 is 0. The van der Waals surface area contributed by atoms with E-state index in [4.69, 9.17) is 0 Å². The van der Waals surface area contributed by atoms with Crippen LogP contribution in [0, 0.1) is 0 Å². The highest BCUT2D eigenvalue weighted by molar-refractivity contribution is 5.75. The van der Waals surface area contributed by atoms with Crippen LogP contribution in [0.25, 0.3) is 0 Å². The molecule has 5 nitrogen and oxygen atoms in total. The summed E-state index contributed by atoms with van der Waals surface area (Å²) in [6.07, 6.45) is 4.15. The first-order valence-electron chi connectivity index (χ1n) is 5.19. The average molecular weight is 210 g/mol. The van der Waals surface area contributed by atoms with E-state index in [1.165, 1.54) is 0 Å². The lowest BCUT2D eigenvalue weighted by Gasteiger charge is -2.07. The van der Waals surface area contributed by atoms with E-state index in [2.05, 4.69) is 22.5 Å². The third-order valence-electron chi connectivity index (χ3n) is 2.19. The second-order valence-electron chi connectivity index (χ2n) is 3.24. The molecular weight excluding hydrogens is 192 g/mol. The number of carbonyl (C=O) groups is 1. The van der Waals surface area contributed by atoms with Crippen molar-refractivity contribution in [2.24, 2.45) is 0 Å². The van der Waals surface area contributed by atoms with Gasteiger partial charge in [-0.05, 0) is 6.54 Å². The summed E-state index contributed by atoms with van der Waals surface area (Å²) in [5.41, 5.74) is 0. The van der Waals surface area contributed by atoms with Gasteiger partial charge in [0.1, 0.15) is 5.82 Å². The van der Waals surface area contributed by atoms with Crippen molar-refractivity contribution in [3.8, 4) is 0 Å². The summed E-state index contributed by atoms with van der Waals surface area (Å²) in [7, 11) is 1.65. The standard InChI is InChI=1S/C10H18N4O/c1-3-12-8-9-13-5-7-14(9)6-4-10(15)11-2/h5,7,12H,3-4,6,8H2,1-2H3,(H,11,15). The highest BCUT2D eigenvalue weighted by Gasteiger charge is 2.03. The lowest BCUT2D eigenvalue weighted by atomic mass is 10.4. The zero-order valence-electron chi connectivity index (χ0n) is 9.29. The van der Waals surface area contributed by atoms with Gasteiger partial charge in [-0.3, -0.25) is 4.79 Å². The molecule has 2 N–H and O–H groups in total. The van der Waals surface area contributed by atoms with Gasteiger partial charge in [0.05, 0.1) is 6.54 Å². The molecule has 1 heterocycles. The number of amides is 1. The summed E-state index contributed by atoms with van der Waals surface area (Å²) in [4.78, 5) is 15.3. The van der Waals surface area contributed by atoms with Gasteiger partial charge in [0.15, 0.2) is 0 Å². The first kappa shape index (κ1) is 11.7. The highest BCUT2D eigenvalue weighted by atomic mass is 16.1. The van der Waals surface area contributed by atoms with E-state index < -0.39 is 0 Å². The lowest BCUT2D eigenvalue weighted by molar-refractivity contribution is -0.120. The predicted molar refractivity (Wildman–Crippen MR) is 58.3 cm³/mol. The topological polar surface area (TPSA) is 59.0 Å². The Balaban J connectivity index is 2.45. The van der Waals surface area contributed by atoms with Gasteiger partial charge in [-0.2, -0.15) is 0 Å². The molecule has 0 unspecified atom stereocenters. The van der Waals surface area contributed by atoms with Crippen LogP contribution >= 0.6 is 0 Å². The van der Waals surface area contributed by atoms with Gasteiger partial charge in [-0.15, -0.1) is 0 Å².